The zero-order valence-corrected chi connectivity index (χ0v) is 14.4. The number of hydrogen-bond donors (Lipinski definition) is 2. The van der Waals surface area contributed by atoms with Crippen LogP contribution < -0.4 is 11.1 Å². The van der Waals surface area contributed by atoms with Crippen molar-refractivity contribution in [1.82, 2.24) is 5.32 Å². The molecule has 0 aromatic heterocycles. The molecule has 6 heteroatoms. The van der Waals surface area contributed by atoms with E-state index in [-0.39, 0.29) is 6.61 Å². The van der Waals surface area contributed by atoms with Gasteiger partial charge in [0.15, 0.2) is 0 Å². The van der Waals surface area contributed by atoms with E-state index in [0.717, 1.165) is 11.1 Å². The minimum atomic E-state index is -0.594. The maximum Gasteiger partial charge on any atom is 0.408 e. The van der Waals surface area contributed by atoms with Crippen LogP contribution in [0, 0.1) is 6.92 Å². The largest absolute Gasteiger partial charge is 0.464 e. The smallest absolute Gasteiger partial charge is 0.408 e. The lowest BCUT2D eigenvalue weighted by Crippen LogP contribution is -2.43. The molecular formula is C17H26N2O4. The van der Waals surface area contributed by atoms with Crippen molar-refractivity contribution in [3.8, 4) is 0 Å². The molecule has 6 nitrogen and oxygen atoms in total. The van der Waals surface area contributed by atoms with E-state index in [4.69, 9.17) is 15.2 Å². The summed E-state index contributed by atoms with van der Waals surface area (Å²) in [5, 5.41) is 2.74. The summed E-state index contributed by atoms with van der Waals surface area (Å²) in [6, 6.07) is 5.20. The van der Waals surface area contributed by atoms with E-state index < -0.39 is 23.7 Å². The summed E-state index contributed by atoms with van der Waals surface area (Å²) in [6.45, 7) is 8.73. The topological polar surface area (TPSA) is 90.6 Å². The predicted octanol–water partition coefficient (Wildman–Crippen LogP) is 2.58. The molecule has 0 heterocycles. The number of nitrogens with two attached hydrogens (primary N) is 1. The number of anilines is 1. The lowest BCUT2D eigenvalue weighted by molar-refractivity contribution is -0.141. The van der Waals surface area contributed by atoms with Gasteiger partial charge in [-0.25, -0.2) is 4.79 Å². The van der Waals surface area contributed by atoms with Gasteiger partial charge in [-0.2, -0.15) is 0 Å². The van der Waals surface area contributed by atoms with Gasteiger partial charge in [-0.05, 0) is 57.4 Å². The van der Waals surface area contributed by atoms with E-state index in [1.54, 1.807) is 20.8 Å². The van der Waals surface area contributed by atoms with Crippen LogP contribution in [0.5, 0.6) is 0 Å². The van der Waals surface area contributed by atoms with Crippen LogP contribution in [0.3, 0.4) is 0 Å². The normalized spacial score (nSPS) is 12.4. The maximum absolute atomic E-state index is 12.0. The minimum Gasteiger partial charge on any atom is -0.464 e. The van der Waals surface area contributed by atoms with Crippen LogP contribution in [-0.4, -0.2) is 30.3 Å². The molecule has 23 heavy (non-hydrogen) atoms. The Morgan fingerprint density at radius 1 is 1.30 bits per heavy atom. The molecule has 1 amide bonds. The molecule has 3 N–H and O–H groups in total. The second-order valence-electron chi connectivity index (χ2n) is 6.54. The van der Waals surface area contributed by atoms with Crippen molar-refractivity contribution in [2.24, 2.45) is 0 Å². The highest BCUT2D eigenvalue weighted by Crippen LogP contribution is 2.15. The first-order valence-corrected chi connectivity index (χ1v) is 7.54. The first-order chi connectivity index (χ1) is 10.6. The van der Waals surface area contributed by atoms with Gasteiger partial charge in [0.25, 0.3) is 0 Å². The number of hydrogen-bond acceptors (Lipinski definition) is 5. The highest BCUT2D eigenvalue weighted by atomic mass is 16.6. The highest BCUT2D eigenvalue weighted by Gasteiger charge is 2.21. The fourth-order valence-electron chi connectivity index (χ4n) is 2.02. The molecule has 0 radical (unpaired) electrons. The number of nitrogen functional groups attached to an aromatic ring is 1. The Labute approximate surface area is 137 Å². The number of aryl methyl sites for hydroxylation is 1. The van der Waals surface area contributed by atoms with Crippen molar-refractivity contribution in [1.29, 1.82) is 0 Å². The third-order valence-corrected chi connectivity index (χ3v) is 3.05. The van der Waals surface area contributed by atoms with Crippen molar-refractivity contribution < 1.29 is 19.1 Å². The number of benzene rings is 1. The molecule has 0 fully saturated rings. The molecule has 0 unspecified atom stereocenters. The van der Waals surface area contributed by atoms with Gasteiger partial charge in [0.1, 0.15) is 12.2 Å². The first-order valence-electron chi connectivity index (χ1n) is 7.54. The minimum absolute atomic E-state index is 0.0722. The standard InChI is InChI=1S/C17H26N2O4/c1-11-6-7-14(18)8-13(11)9-15(10-22-12(2)20)19-16(21)23-17(3,4)5/h6-8,15H,9-10,18H2,1-5H3,(H,19,21)/t15-/m1/s1. The van der Waals surface area contributed by atoms with Crippen LogP contribution in [-0.2, 0) is 20.7 Å². The van der Waals surface area contributed by atoms with Gasteiger partial charge in [0.05, 0.1) is 6.04 Å². The molecule has 1 aromatic carbocycles. The summed E-state index contributed by atoms with van der Waals surface area (Å²) in [4.78, 5) is 23.0. The maximum atomic E-state index is 12.0. The number of amides is 1. The van der Waals surface area contributed by atoms with Crippen molar-refractivity contribution in [3.05, 3.63) is 29.3 Å². The molecule has 1 atom stereocenters. The summed E-state index contributed by atoms with van der Waals surface area (Å²) in [5.41, 5.74) is 7.90. The molecule has 0 saturated carbocycles. The number of nitrogens with one attached hydrogen (secondary N) is 1. The van der Waals surface area contributed by atoms with Gasteiger partial charge in [0, 0.05) is 12.6 Å². The molecule has 0 aliphatic carbocycles. The molecule has 1 rings (SSSR count). The number of ether oxygens (including phenoxy) is 2. The predicted molar refractivity (Wildman–Crippen MR) is 89.1 cm³/mol. The highest BCUT2D eigenvalue weighted by molar-refractivity contribution is 5.68. The molecule has 128 valence electrons. The van der Waals surface area contributed by atoms with Crippen molar-refractivity contribution in [3.63, 3.8) is 0 Å². The van der Waals surface area contributed by atoms with Crippen LogP contribution in [0.15, 0.2) is 18.2 Å². The van der Waals surface area contributed by atoms with Crippen molar-refractivity contribution in [2.45, 2.75) is 52.7 Å². The van der Waals surface area contributed by atoms with Gasteiger partial charge in [-0.15, -0.1) is 0 Å². The zero-order valence-electron chi connectivity index (χ0n) is 14.4. The van der Waals surface area contributed by atoms with E-state index in [9.17, 15) is 9.59 Å². The Bertz CT molecular complexity index is 564. The molecule has 1 aromatic rings. The molecule has 0 spiro atoms. The van der Waals surface area contributed by atoms with E-state index >= 15 is 0 Å². The SMILES string of the molecule is CC(=O)OC[C@@H](Cc1cc(N)ccc1C)NC(=O)OC(C)(C)C. The third kappa shape index (κ3) is 7.54. The average Bonchev–Trinajstić information content (AvgIpc) is 2.38. The summed E-state index contributed by atoms with van der Waals surface area (Å²) in [5.74, 6) is -0.398. The second-order valence-corrected chi connectivity index (χ2v) is 6.54. The van der Waals surface area contributed by atoms with Crippen LogP contribution in [0.4, 0.5) is 10.5 Å². The van der Waals surface area contributed by atoms with Crippen molar-refractivity contribution in [2.75, 3.05) is 12.3 Å². The van der Waals surface area contributed by atoms with Crippen LogP contribution >= 0.6 is 0 Å². The van der Waals surface area contributed by atoms with E-state index in [0.29, 0.717) is 12.1 Å². The molecule has 0 saturated heterocycles. The fraction of sp³-hybridized carbons (Fsp3) is 0.529. The molecule has 0 aliphatic heterocycles. The summed E-state index contributed by atoms with van der Waals surface area (Å²) in [6.07, 6.45) is -0.0557. The van der Waals surface area contributed by atoms with Gasteiger partial charge in [-0.3, -0.25) is 4.79 Å². The number of esters is 1. The molecule has 0 bridgehead atoms. The quantitative estimate of drug-likeness (QED) is 0.642. The zero-order chi connectivity index (χ0) is 17.6. The Morgan fingerprint density at radius 3 is 2.52 bits per heavy atom. The van der Waals surface area contributed by atoms with Crippen molar-refractivity contribution >= 4 is 17.7 Å². The lowest BCUT2D eigenvalue weighted by Gasteiger charge is -2.24. The third-order valence-electron chi connectivity index (χ3n) is 3.05. The molecular weight excluding hydrogens is 296 g/mol. The van der Waals surface area contributed by atoms with Crippen LogP contribution in [0.25, 0.3) is 0 Å². The number of alkyl carbamates (subject to hydrolysis) is 1. The van der Waals surface area contributed by atoms with Gasteiger partial charge >= 0.3 is 12.1 Å². The summed E-state index contributed by atoms with van der Waals surface area (Å²) < 4.78 is 10.3. The Hall–Kier alpha value is -2.24. The monoisotopic (exact) mass is 322 g/mol. The first kappa shape index (κ1) is 18.8. The van der Waals surface area contributed by atoms with E-state index in [1.165, 1.54) is 6.92 Å². The van der Waals surface area contributed by atoms with Gasteiger partial charge in [0.2, 0.25) is 0 Å². The van der Waals surface area contributed by atoms with Crippen LogP contribution in [0.2, 0.25) is 0 Å². The Morgan fingerprint density at radius 2 is 1.96 bits per heavy atom. The van der Waals surface area contributed by atoms with Crippen LogP contribution in [0.1, 0.15) is 38.8 Å². The summed E-state index contributed by atoms with van der Waals surface area (Å²) >= 11 is 0. The number of carbonyl (C=O) groups is 2. The second kappa shape index (κ2) is 7.85. The van der Waals surface area contributed by atoms with Gasteiger partial charge in [-0.1, -0.05) is 6.07 Å². The van der Waals surface area contributed by atoms with Gasteiger partial charge < -0.3 is 20.5 Å². The van der Waals surface area contributed by atoms with E-state index in [1.807, 2.05) is 25.1 Å². The Kier molecular flexibility index (Phi) is 6.42. The lowest BCUT2D eigenvalue weighted by atomic mass is 10.0. The summed E-state index contributed by atoms with van der Waals surface area (Å²) in [7, 11) is 0. The molecule has 0 aliphatic rings. The number of rotatable bonds is 5. The average molecular weight is 322 g/mol. The Balaban J connectivity index is 2.81. The fourth-order valence-corrected chi connectivity index (χ4v) is 2.02. The number of carbonyl (C=O) groups excluding carboxylic acids is 2. The van der Waals surface area contributed by atoms with E-state index in [2.05, 4.69) is 5.32 Å².